The van der Waals surface area contributed by atoms with E-state index in [-0.39, 0.29) is 24.2 Å². The van der Waals surface area contributed by atoms with Gasteiger partial charge in [0.1, 0.15) is 11.9 Å². The first-order chi connectivity index (χ1) is 11.9. The Hall–Kier alpha value is -1.93. The number of nitrogen functional groups attached to an aromatic ring is 1. The Morgan fingerprint density at radius 3 is 2.56 bits per heavy atom. The van der Waals surface area contributed by atoms with Gasteiger partial charge < -0.3 is 21.7 Å². The number of rotatable bonds is 6. The molecule has 1 aromatic heterocycles. The van der Waals surface area contributed by atoms with Crippen LogP contribution in [0, 0.1) is 5.41 Å². The minimum absolute atomic E-state index is 0.0214. The highest BCUT2D eigenvalue weighted by molar-refractivity contribution is 7.14. The monoisotopic (exact) mass is 367 g/mol. The Bertz CT molecular complexity index is 585. The van der Waals surface area contributed by atoms with Crippen LogP contribution in [0.3, 0.4) is 0 Å². The van der Waals surface area contributed by atoms with E-state index in [2.05, 4.69) is 19.2 Å². The summed E-state index contributed by atoms with van der Waals surface area (Å²) in [4.78, 5) is 27.0. The van der Waals surface area contributed by atoms with E-state index in [4.69, 9.17) is 16.9 Å². The highest BCUT2D eigenvalue weighted by Gasteiger charge is 2.33. The lowest BCUT2D eigenvalue weighted by Gasteiger charge is -2.23. The topological polar surface area (TPSA) is 125 Å². The molecule has 8 heteroatoms. The number of carbonyl (C=O) groups is 2. The second-order valence-corrected chi connectivity index (χ2v) is 7.02. The predicted octanol–water partition coefficient (Wildman–Crippen LogP) is 1.40. The maximum atomic E-state index is 12.2. The maximum Gasteiger partial charge on any atom is 0.243 e. The van der Waals surface area contributed by atoms with Gasteiger partial charge in [-0.15, -0.1) is 11.3 Å². The second-order valence-electron chi connectivity index (χ2n) is 5.85. The molecule has 0 bridgehead atoms. The van der Waals surface area contributed by atoms with Crippen LogP contribution in [0.15, 0.2) is 12.1 Å². The number of hydrogen-bond acceptors (Lipinski definition) is 5. The molecule has 0 saturated carbocycles. The number of nitrogens with two attached hydrogens (primary N) is 2. The van der Waals surface area contributed by atoms with E-state index in [1.54, 1.807) is 11.0 Å². The molecule has 1 aliphatic heterocycles. The molecule has 6 N–H and O–H groups in total. The normalized spacial score (nSPS) is 16.1. The van der Waals surface area contributed by atoms with Crippen molar-refractivity contribution >= 4 is 29.0 Å². The van der Waals surface area contributed by atoms with Crippen molar-refractivity contribution in [2.24, 2.45) is 11.5 Å². The van der Waals surface area contributed by atoms with Gasteiger partial charge in [0.05, 0.1) is 18.0 Å². The summed E-state index contributed by atoms with van der Waals surface area (Å²) >= 11 is 1.37. The van der Waals surface area contributed by atoms with Gasteiger partial charge in [-0.05, 0) is 25.0 Å². The van der Waals surface area contributed by atoms with Crippen LogP contribution in [-0.4, -0.2) is 41.7 Å². The van der Waals surface area contributed by atoms with E-state index in [9.17, 15) is 9.59 Å². The molecule has 0 spiro atoms. The Balaban J connectivity index is 0.000000705. The number of hydrogen-bond donors (Lipinski definition) is 4. The first-order valence-electron chi connectivity index (χ1n) is 8.64. The van der Waals surface area contributed by atoms with Crippen molar-refractivity contribution in [2.75, 3.05) is 13.1 Å². The number of nitrogens with zero attached hydrogens (tertiary/aromatic N) is 1. The van der Waals surface area contributed by atoms with Gasteiger partial charge >= 0.3 is 0 Å². The Morgan fingerprint density at radius 2 is 2.04 bits per heavy atom. The zero-order valence-electron chi connectivity index (χ0n) is 15.0. The van der Waals surface area contributed by atoms with E-state index in [0.717, 1.165) is 11.3 Å². The van der Waals surface area contributed by atoms with Gasteiger partial charge in [0.2, 0.25) is 11.8 Å². The summed E-state index contributed by atoms with van der Waals surface area (Å²) in [6.45, 7) is 5.25. The lowest BCUT2D eigenvalue weighted by molar-refractivity contribution is -0.137. The average Bonchev–Trinajstić information content (AvgIpc) is 3.28. The average molecular weight is 368 g/mol. The summed E-state index contributed by atoms with van der Waals surface area (Å²) < 4.78 is 0. The smallest absolute Gasteiger partial charge is 0.243 e. The van der Waals surface area contributed by atoms with Crippen LogP contribution in [0.25, 0.3) is 0 Å². The fourth-order valence-electron chi connectivity index (χ4n) is 2.36. The summed E-state index contributed by atoms with van der Waals surface area (Å²) in [7, 11) is 0. The van der Waals surface area contributed by atoms with Crippen LogP contribution < -0.4 is 16.8 Å². The van der Waals surface area contributed by atoms with Gasteiger partial charge in [0.15, 0.2) is 0 Å². The molecule has 2 heterocycles. The van der Waals surface area contributed by atoms with Crippen LogP contribution in [-0.2, 0) is 16.1 Å². The van der Waals surface area contributed by atoms with Crippen LogP contribution in [0.5, 0.6) is 0 Å². The second kappa shape index (κ2) is 10.8. The molecule has 0 radical (unpaired) electrons. The van der Waals surface area contributed by atoms with Crippen molar-refractivity contribution in [2.45, 2.75) is 52.1 Å². The molecule has 0 aliphatic carbocycles. The van der Waals surface area contributed by atoms with Crippen molar-refractivity contribution in [3.05, 3.63) is 21.9 Å². The van der Waals surface area contributed by atoms with Crippen molar-refractivity contribution < 1.29 is 9.59 Å². The van der Waals surface area contributed by atoms with Crippen molar-refractivity contribution in [3.8, 4) is 0 Å². The molecule has 1 aromatic rings. The molecule has 2 rings (SSSR count). The fourth-order valence-corrected chi connectivity index (χ4v) is 3.17. The third-order valence-corrected chi connectivity index (χ3v) is 5.03. The Morgan fingerprint density at radius 1 is 1.36 bits per heavy atom. The molecular formula is C17H29N5O2S. The highest BCUT2D eigenvalue weighted by Crippen LogP contribution is 2.19. The Kier molecular flexibility index (Phi) is 9.15. The quantitative estimate of drug-likeness (QED) is 0.448. The summed E-state index contributed by atoms with van der Waals surface area (Å²) in [6.07, 6.45) is 4.12. The molecule has 25 heavy (non-hydrogen) atoms. The minimum Gasteiger partial charge on any atom is -0.383 e. The first-order valence-corrected chi connectivity index (χ1v) is 9.46. The van der Waals surface area contributed by atoms with Gasteiger partial charge in [-0.25, -0.2) is 0 Å². The molecule has 140 valence electrons. The van der Waals surface area contributed by atoms with Crippen molar-refractivity contribution in [1.82, 2.24) is 10.2 Å². The lowest BCUT2D eigenvalue weighted by Crippen LogP contribution is -2.47. The van der Waals surface area contributed by atoms with Crippen LogP contribution in [0.2, 0.25) is 0 Å². The number of amides is 2. The predicted molar refractivity (Wildman–Crippen MR) is 102 cm³/mol. The van der Waals surface area contributed by atoms with E-state index in [1.165, 1.54) is 24.2 Å². The summed E-state index contributed by atoms with van der Waals surface area (Å²) in [5, 5.41) is 10.2. The van der Waals surface area contributed by atoms with Gasteiger partial charge in [0, 0.05) is 11.4 Å². The summed E-state index contributed by atoms with van der Waals surface area (Å²) in [5.74, 6) is -0.331. The van der Waals surface area contributed by atoms with E-state index < -0.39 is 6.04 Å². The molecule has 1 aliphatic rings. The minimum atomic E-state index is -0.423. The summed E-state index contributed by atoms with van der Waals surface area (Å²) in [6, 6.07) is 3.17. The number of thiophene rings is 1. The molecule has 1 fully saturated rings. The molecule has 2 amide bonds. The van der Waals surface area contributed by atoms with Crippen molar-refractivity contribution in [1.29, 1.82) is 5.41 Å². The van der Waals surface area contributed by atoms with Gasteiger partial charge in [-0.3, -0.25) is 15.0 Å². The number of unbranched alkanes of at least 4 members (excludes halogenated alkanes) is 1. The first kappa shape index (κ1) is 21.1. The molecule has 1 atom stereocenters. The number of amidine groups is 1. The molecular weight excluding hydrogens is 338 g/mol. The van der Waals surface area contributed by atoms with Crippen LogP contribution in [0.4, 0.5) is 0 Å². The van der Waals surface area contributed by atoms with Crippen LogP contribution in [0.1, 0.15) is 49.3 Å². The highest BCUT2D eigenvalue weighted by atomic mass is 32.1. The molecule has 1 unspecified atom stereocenters. The van der Waals surface area contributed by atoms with E-state index in [0.29, 0.717) is 24.4 Å². The molecule has 1 saturated heterocycles. The summed E-state index contributed by atoms with van der Waals surface area (Å²) in [5.41, 5.74) is 10.8. The fraction of sp³-hybridized carbons (Fsp3) is 0.588. The molecule has 7 nitrogen and oxygen atoms in total. The largest absolute Gasteiger partial charge is 0.383 e. The maximum absolute atomic E-state index is 12.2. The number of carbonyl (C=O) groups excluding carboxylic acids is 2. The molecule has 0 aromatic carbocycles. The SMILES string of the molecule is CCCC.N=C(N)c1ccc(CNC(=O)C2CCCN2C(=O)CN)s1. The number of nitrogens with one attached hydrogen (secondary N) is 2. The standard InChI is InChI=1S/C13H19N5O2S.C4H10/c14-6-11(19)18-5-1-2-9(18)13(20)17-7-8-3-4-10(21-8)12(15)16;1-3-4-2/h3-4,9H,1-2,5-7,14H2,(H3,15,16)(H,17,20);3-4H2,1-2H3. The lowest BCUT2D eigenvalue weighted by atomic mass is 10.2. The van der Waals surface area contributed by atoms with E-state index in [1.807, 2.05) is 6.07 Å². The van der Waals surface area contributed by atoms with E-state index >= 15 is 0 Å². The Labute approximate surface area is 153 Å². The number of likely N-dealkylation sites (tertiary alicyclic amines) is 1. The zero-order valence-corrected chi connectivity index (χ0v) is 15.8. The zero-order chi connectivity index (χ0) is 18.8. The third-order valence-electron chi connectivity index (χ3n) is 3.91. The van der Waals surface area contributed by atoms with Crippen LogP contribution >= 0.6 is 11.3 Å². The third kappa shape index (κ3) is 6.47. The van der Waals surface area contributed by atoms with Gasteiger partial charge in [-0.2, -0.15) is 0 Å². The van der Waals surface area contributed by atoms with Crippen molar-refractivity contribution in [3.63, 3.8) is 0 Å². The van der Waals surface area contributed by atoms with Gasteiger partial charge in [-0.1, -0.05) is 26.7 Å². The van der Waals surface area contributed by atoms with Gasteiger partial charge in [0.25, 0.3) is 0 Å².